The van der Waals surface area contributed by atoms with E-state index in [4.69, 9.17) is 0 Å². The molecule has 21 heavy (non-hydrogen) atoms. The SMILES string of the molecule is CNC(c1ccccc1)C(C)CN1CCc2ccccc21. The van der Waals surface area contributed by atoms with Crippen LogP contribution < -0.4 is 10.2 Å². The Balaban J connectivity index is 1.73. The summed E-state index contributed by atoms with van der Waals surface area (Å²) in [5.41, 5.74) is 4.29. The Morgan fingerprint density at radius 1 is 1.05 bits per heavy atom. The first-order valence-electron chi connectivity index (χ1n) is 7.84. The van der Waals surface area contributed by atoms with E-state index in [1.807, 2.05) is 0 Å². The second-order valence-corrected chi connectivity index (χ2v) is 5.98. The lowest BCUT2D eigenvalue weighted by Crippen LogP contribution is -2.34. The van der Waals surface area contributed by atoms with Crippen molar-refractivity contribution in [1.82, 2.24) is 5.32 Å². The zero-order chi connectivity index (χ0) is 14.7. The molecule has 0 saturated carbocycles. The minimum absolute atomic E-state index is 0.402. The normalized spacial score (nSPS) is 16.6. The first-order valence-corrected chi connectivity index (χ1v) is 7.84. The zero-order valence-electron chi connectivity index (χ0n) is 12.9. The molecule has 0 aliphatic carbocycles. The summed E-state index contributed by atoms with van der Waals surface area (Å²) in [4.78, 5) is 2.54. The number of nitrogens with zero attached hydrogens (tertiary/aromatic N) is 1. The molecule has 0 saturated heterocycles. The molecule has 2 atom stereocenters. The Kier molecular flexibility index (Phi) is 4.26. The molecule has 2 nitrogen and oxygen atoms in total. The molecule has 0 fully saturated rings. The van der Waals surface area contributed by atoms with Crippen LogP contribution in [0.3, 0.4) is 0 Å². The smallest absolute Gasteiger partial charge is 0.0399 e. The molecule has 0 bridgehead atoms. The summed E-state index contributed by atoms with van der Waals surface area (Å²) in [5, 5.41) is 3.49. The van der Waals surface area contributed by atoms with Crippen molar-refractivity contribution in [3.8, 4) is 0 Å². The fourth-order valence-corrected chi connectivity index (χ4v) is 3.49. The van der Waals surface area contributed by atoms with Gasteiger partial charge in [-0.25, -0.2) is 0 Å². The van der Waals surface area contributed by atoms with E-state index < -0.39 is 0 Å². The lowest BCUT2D eigenvalue weighted by atomic mass is 9.94. The highest BCUT2D eigenvalue weighted by Crippen LogP contribution is 2.30. The predicted molar refractivity (Wildman–Crippen MR) is 89.8 cm³/mol. The van der Waals surface area contributed by atoms with Gasteiger partial charge in [0.2, 0.25) is 0 Å². The lowest BCUT2D eigenvalue weighted by Gasteiger charge is -2.29. The molecule has 1 N–H and O–H groups in total. The van der Waals surface area contributed by atoms with Gasteiger partial charge in [0, 0.05) is 24.8 Å². The third-order valence-corrected chi connectivity index (χ3v) is 4.53. The van der Waals surface area contributed by atoms with Gasteiger partial charge in [0.05, 0.1) is 0 Å². The number of hydrogen-bond donors (Lipinski definition) is 1. The third kappa shape index (κ3) is 2.96. The molecule has 0 amide bonds. The van der Waals surface area contributed by atoms with Gasteiger partial charge >= 0.3 is 0 Å². The standard InChI is InChI=1S/C19H24N2/c1-15(19(20-2)17-9-4-3-5-10-17)14-21-13-12-16-8-6-7-11-18(16)21/h3-11,15,19-20H,12-14H2,1-2H3. The number of anilines is 1. The minimum atomic E-state index is 0.402. The molecule has 1 aliphatic rings. The van der Waals surface area contributed by atoms with Gasteiger partial charge in [0.25, 0.3) is 0 Å². The Hall–Kier alpha value is -1.80. The van der Waals surface area contributed by atoms with Crippen LogP contribution in [-0.2, 0) is 6.42 Å². The van der Waals surface area contributed by atoms with E-state index in [2.05, 4.69) is 78.8 Å². The van der Waals surface area contributed by atoms with Crippen molar-refractivity contribution >= 4 is 5.69 Å². The monoisotopic (exact) mass is 280 g/mol. The Bertz CT molecular complexity index is 579. The molecule has 1 heterocycles. The predicted octanol–water partition coefficient (Wildman–Crippen LogP) is 3.65. The minimum Gasteiger partial charge on any atom is -0.371 e. The average molecular weight is 280 g/mol. The van der Waals surface area contributed by atoms with Gasteiger partial charge < -0.3 is 10.2 Å². The maximum atomic E-state index is 3.49. The molecule has 2 unspecified atom stereocenters. The summed E-state index contributed by atoms with van der Waals surface area (Å²) in [7, 11) is 2.06. The van der Waals surface area contributed by atoms with Crippen molar-refractivity contribution in [3.63, 3.8) is 0 Å². The highest BCUT2D eigenvalue weighted by Gasteiger charge is 2.24. The number of nitrogens with one attached hydrogen (secondary N) is 1. The first-order chi connectivity index (χ1) is 10.3. The summed E-state index contributed by atoms with van der Waals surface area (Å²) < 4.78 is 0. The topological polar surface area (TPSA) is 15.3 Å². The highest BCUT2D eigenvalue weighted by molar-refractivity contribution is 5.57. The zero-order valence-corrected chi connectivity index (χ0v) is 12.9. The second kappa shape index (κ2) is 6.31. The van der Waals surface area contributed by atoms with Gasteiger partial charge in [-0.05, 0) is 36.6 Å². The summed E-state index contributed by atoms with van der Waals surface area (Å²) in [6, 6.07) is 20.0. The van der Waals surface area contributed by atoms with Gasteiger partial charge in [0.1, 0.15) is 0 Å². The van der Waals surface area contributed by atoms with E-state index >= 15 is 0 Å². The van der Waals surface area contributed by atoms with Crippen LogP contribution >= 0.6 is 0 Å². The van der Waals surface area contributed by atoms with E-state index in [9.17, 15) is 0 Å². The molecule has 1 aliphatic heterocycles. The van der Waals surface area contributed by atoms with Crippen LogP contribution in [0.4, 0.5) is 5.69 Å². The number of hydrogen-bond acceptors (Lipinski definition) is 2. The van der Waals surface area contributed by atoms with Gasteiger partial charge in [-0.1, -0.05) is 55.5 Å². The second-order valence-electron chi connectivity index (χ2n) is 5.98. The maximum Gasteiger partial charge on any atom is 0.0399 e. The third-order valence-electron chi connectivity index (χ3n) is 4.53. The fourth-order valence-electron chi connectivity index (χ4n) is 3.49. The van der Waals surface area contributed by atoms with Crippen molar-refractivity contribution in [2.45, 2.75) is 19.4 Å². The quantitative estimate of drug-likeness (QED) is 0.899. The number of rotatable bonds is 5. The number of para-hydroxylation sites is 1. The molecule has 110 valence electrons. The number of benzene rings is 2. The molecule has 2 heteroatoms. The van der Waals surface area contributed by atoms with Crippen LogP contribution in [0.25, 0.3) is 0 Å². The molecule has 3 rings (SSSR count). The maximum absolute atomic E-state index is 3.49. The van der Waals surface area contributed by atoms with Crippen LogP contribution in [0.1, 0.15) is 24.1 Å². The van der Waals surface area contributed by atoms with E-state index in [0.29, 0.717) is 12.0 Å². The van der Waals surface area contributed by atoms with Crippen molar-refractivity contribution in [2.75, 3.05) is 25.0 Å². The summed E-state index contributed by atoms with van der Waals surface area (Å²) >= 11 is 0. The molecular formula is C19H24N2. The Morgan fingerprint density at radius 3 is 2.52 bits per heavy atom. The van der Waals surface area contributed by atoms with Gasteiger partial charge in [0.15, 0.2) is 0 Å². The van der Waals surface area contributed by atoms with Gasteiger partial charge in [-0.15, -0.1) is 0 Å². The highest BCUT2D eigenvalue weighted by atomic mass is 15.2. The van der Waals surface area contributed by atoms with E-state index in [1.165, 1.54) is 23.2 Å². The molecule has 2 aromatic carbocycles. The summed E-state index contributed by atoms with van der Waals surface area (Å²) in [6.45, 7) is 4.58. The van der Waals surface area contributed by atoms with Crippen molar-refractivity contribution in [2.24, 2.45) is 5.92 Å². The first kappa shape index (κ1) is 14.2. The lowest BCUT2D eigenvalue weighted by molar-refractivity contribution is 0.411. The van der Waals surface area contributed by atoms with Crippen LogP contribution in [0, 0.1) is 5.92 Å². The molecule has 0 spiro atoms. The number of fused-ring (bicyclic) bond motifs is 1. The summed E-state index contributed by atoms with van der Waals surface area (Å²) in [5.74, 6) is 0.559. The van der Waals surface area contributed by atoms with Crippen LogP contribution in [-0.4, -0.2) is 20.1 Å². The van der Waals surface area contributed by atoms with Crippen molar-refractivity contribution < 1.29 is 0 Å². The van der Waals surface area contributed by atoms with E-state index in [0.717, 1.165) is 13.1 Å². The van der Waals surface area contributed by atoms with Gasteiger partial charge in [-0.2, -0.15) is 0 Å². The van der Waals surface area contributed by atoms with Crippen molar-refractivity contribution in [1.29, 1.82) is 0 Å². The van der Waals surface area contributed by atoms with Crippen LogP contribution in [0.15, 0.2) is 54.6 Å². The Labute approximate surface area is 127 Å². The molecular weight excluding hydrogens is 256 g/mol. The molecule has 0 aromatic heterocycles. The molecule has 2 aromatic rings. The molecule has 0 radical (unpaired) electrons. The summed E-state index contributed by atoms with van der Waals surface area (Å²) in [6.07, 6.45) is 1.18. The van der Waals surface area contributed by atoms with Crippen molar-refractivity contribution in [3.05, 3.63) is 65.7 Å². The largest absolute Gasteiger partial charge is 0.371 e. The van der Waals surface area contributed by atoms with Crippen LogP contribution in [0.2, 0.25) is 0 Å². The average Bonchev–Trinajstić information content (AvgIpc) is 2.92. The van der Waals surface area contributed by atoms with Gasteiger partial charge in [-0.3, -0.25) is 0 Å². The van der Waals surface area contributed by atoms with E-state index in [1.54, 1.807) is 0 Å². The van der Waals surface area contributed by atoms with Crippen LogP contribution in [0.5, 0.6) is 0 Å². The Morgan fingerprint density at radius 2 is 1.76 bits per heavy atom. The van der Waals surface area contributed by atoms with E-state index in [-0.39, 0.29) is 0 Å². The fraction of sp³-hybridized carbons (Fsp3) is 0.368.